The number of hydrogen-bond donors (Lipinski definition) is 1. The Labute approximate surface area is 111 Å². The molecule has 0 bridgehead atoms. The standard InChI is InChI=1S/C15H27NS/c1-3-4-5-6-7-8-9-10-11-15-14(2)16-12-13-17-15/h12-13,16H,3-11H2,1-2H3. The van der Waals surface area contributed by atoms with Crippen molar-refractivity contribution in [3.63, 3.8) is 0 Å². The van der Waals surface area contributed by atoms with E-state index >= 15 is 0 Å². The third-order valence-electron chi connectivity index (χ3n) is 3.25. The summed E-state index contributed by atoms with van der Waals surface area (Å²) < 4.78 is 0. The smallest absolute Gasteiger partial charge is 0.0215 e. The molecule has 98 valence electrons. The second-order valence-electron chi connectivity index (χ2n) is 4.84. The maximum Gasteiger partial charge on any atom is 0.0215 e. The molecule has 1 aliphatic heterocycles. The van der Waals surface area contributed by atoms with E-state index in [4.69, 9.17) is 0 Å². The maximum absolute atomic E-state index is 3.29. The Morgan fingerprint density at radius 2 is 1.65 bits per heavy atom. The number of hydrogen-bond acceptors (Lipinski definition) is 2. The van der Waals surface area contributed by atoms with Gasteiger partial charge < -0.3 is 5.32 Å². The Kier molecular flexibility index (Phi) is 8.33. The highest BCUT2D eigenvalue weighted by molar-refractivity contribution is 8.05. The molecule has 0 saturated heterocycles. The van der Waals surface area contributed by atoms with Crippen molar-refractivity contribution in [1.82, 2.24) is 5.32 Å². The summed E-state index contributed by atoms with van der Waals surface area (Å²) in [5, 5.41) is 5.43. The van der Waals surface area contributed by atoms with Crippen LogP contribution in [0.4, 0.5) is 0 Å². The van der Waals surface area contributed by atoms with E-state index in [1.54, 1.807) is 0 Å². The van der Waals surface area contributed by atoms with Crippen molar-refractivity contribution >= 4 is 11.8 Å². The third-order valence-corrected chi connectivity index (χ3v) is 4.32. The van der Waals surface area contributed by atoms with E-state index in [9.17, 15) is 0 Å². The first-order chi connectivity index (χ1) is 8.34. The van der Waals surface area contributed by atoms with Gasteiger partial charge >= 0.3 is 0 Å². The lowest BCUT2D eigenvalue weighted by atomic mass is 10.1. The van der Waals surface area contributed by atoms with Crippen LogP contribution < -0.4 is 5.32 Å². The second-order valence-corrected chi connectivity index (χ2v) is 5.84. The maximum atomic E-state index is 3.29. The summed E-state index contributed by atoms with van der Waals surface area (Å²) in [6, 6.07) is 0. The van der Waals surface area contributed by atoms with Gasteiger partial charge in [-0.05, 0) is 25.2 Å². The predicted octanol–water partition coefficient (Wildman–Crippen LogP) is 5.56. The Hall–Kier alpha value is -0.370. The van der Waals surface area contributed by atoms with Crippen molar-refractivity contribution in [2.45, 2.75) is 71.6 Å². The lowest BCUT2D eigenvalue weighted by Gasteiger charge is -2.13. The first-order valence-corrected chi connectivity index (χ1v) is 8.00. The van der Waals surface area contributed by atoms with Gasteiger partial charge in [-0.3, -0.25) is 0 Å². The van der Waals surface area contributed by atoms with Gasteiger partial charge in [0.25, 0.3) is 0 Å². The molecule has 0 aromatic heterocycles. The molecule has 1 rings (SSSR count). The van der Waals surface area contributed by atoms with Crippen LogP contribution in [0.15, 0.2) is 22.2 Å². The van der Waals surface area contributed by atoms with Gasteiger partial charge in [-0.1, -0.05) is 63.6 Å². The zero-order valence-electron chi connectivity index (χ0n) is 11.4. The number of unbranched alkanes of at least 4 members (excludes halogenated alkanes) is 7. The fourth-order valence-electron chi connectivity index (χ4n) is 2.11. The highest BCUT2D eigenvalue weighted by Crippen LogP contribution is 2.28. The van der Waals surface area contributed by atoms with E-state index in [2.05, 4.69) is 24.6 Å². The van der Waals surface area contributed by atoms with E-state index < -0.39 is 0 Å². The minimum absolute atomic E-state index is 1.25. The van der Waals surface area contributed by atoms with Crippen LogP contribution in [0.3, 0.4) is 0 Å². The highest BCUT2D eigenvalue weighted by atomic mass is 32.2. The van der Waals surface area contributed by atoms with Crippen LogP contribution in [0, 0.1) is 0 Å². The van der Waals surface area contributed by atoms with E-state index in [1.165, 1.54) is 68.4 Å². The Bertz CT molecular complexity index is 256. The first kappa shape index (κ1) is 14.7. The molecule has 1 N–H and O–H groups in total. The summed E-state index contributed by atoms with van der Waals surface area (Å²) in [6.07, 6.45) is 14.5. The number of thioether (sulfide) groups is 1. The Morgan fingerprint density at radius 3 is 2.29 bits per heavy atom. The number of nitrogens with one attached hydrogen (secondary N) is 1. The van der Waals surface area contributed by atoms with Crippen molar-refractivity contribution in [2.75, 3.05) is 0 Å². The van der Waals surface area contributed by atoms with Crippen LogP contribution in [0.2, 0.25) is 0 Å². The van der Waals surface area contributed by atoms with Crippen LogP contribution >= 0.6 is 11.8 Å². The molecular weight excluding hydrogens is 226 g/mol. The van der Waals surface area contributed by atoms with E-state index in [-0.39, 0.29) is 0 Å². The van der Waals surface area contributed by atoms with Gasteiger partial charge in [0.2, 0.25) is 0 Å². The molecule has 1 nitrogen and oxygen atoms in total. The van der Waals surface area contributed by atoms with Crippen LogP contribution in [-0.4, -0.2) is 0 Å². The summed E-state index contributed by atoms with van der Waals surface area (Å²) in [4.78, 5) is 1.53. The lowest BCUT2D eigenvalue weighted by molar-refractivity contribution is 0.576. The number of allylic oxidation sites excluding steroid dienone is 2. The van der Waals surface area contributed by atoms with Gasteiger partial charge in [-0.2, -0.15) is 0 Å². The van der Waals surface area contributed by atoms with Crippen molar-refractivity contribution in [3.8, 4) is 0 Å². The lowest BCUT2D eigenvalue weighted by Crippen LogP contribution is -2.06. The van der Waals surface area contributed by atoms with Gasteiger partial charge in [-0.15, -0.1) is 0 Å². The molecular formula is C15H27NS. The molecule has 0 aromatic carbocycles. The van der Waals surface area contributed by atoms with E-state index in [1.807, 2.05) is 18.0 Å². The summed E-state index contributed by atoms with van der Waals surface area (Å²) >= 11 is 1.88. The molecule has 0 radical (unpaired) electrons. The highest BCUT2D eigenvalue weighted by Gasteiger charge is 2.04. The molecule has 0 fully saturated rings. The minimum Gasteiger partial charge on any atom is -0.364 e. The molecule has 0 amide bonds. The number of rotatable bonds is 9. The molecule has 1 heterocycles. The van der Waals surface area contributed by atoms with Crippen molar-refractivity contribution in [3.05, 3.63) is 22.2 Å². The SMILES string of the molecule is CCCCCCCCCCC1=C(C)NC=CS1. The zero-order chi connectivity index (χ0) is 12.3. The van der Waals surface area contributed by atoms with Crippen LogP contribution in [0.1, 0.15) is 71.6 Å². The fourth-order valence-corrected chi connectivity index (χ4v) is 2.91. The zero-order valence-corrected chi connectivity index (χ0v) is 12.2. The summed E-state index contributed by atoms with van der Waals surface area (Å²) in [5.74, 6) is 0. The summed E-state index contributed by atoms with van der Waals surface area (Å²) in [6.45, 7) is 4.46. The monoisotopic (exact) mass is 253 g/mol. The van der Waals surface area contributed by atoms with Crippen LogP contribution in [-0.2, 0) is 0 Å². The van der Waals surface area contributed by atoms with Gasteiger partial charge in [0.1, 0.15) is 0 Å². The Morgan fingerprint density at radius 1 is 1.00 bits per heavy atom. The minimum atomic E-state index is 1.25. The largest absolute Gasteiger partial charge is 0.364 e. The molecule has 0 saturated carbocycles. The molecule has 2 heteroatoms. The predicted molar refractivity (Wildman–Crippen MR) is 79.8 cm³/mol. The Balaban J connectivity index is 1.94. The van der Waals surface area contributed by atoms with Crippen molar-refractivity contribution in [2.24, 2.45) is 0 Å². The van der Waals surface area contributed by atoms with Crippen molar-refractivity contribution in [1.29, 1.82) is 0 Å². The molecule has 0 aliphatic carbocycles. The summed E-state index contributed by atoms with van der Waals surface area (Å²) in [7, 11) is 0. The topological polar surface area (TPSA) is 12.0 Å². The van der Waals surface area contributed by atoms with Crippen molar-refractivity contribution < 1.29 is 0 Å². The fraction of sp³-hybridized carbons (Fsp3) is 0.733. The van der Waals surface area contributed by atoms with Crippen LogP contribution in [0.25, 0.3) is 0 Å². The van der Waals surface area contributed by atoms with Gasteiger partial charge in [0.05, 0.1) is 0 Å². The van der Waals surface area contributed by atoms with E-state index in [0.717, 1.165) is 0 Å². The van der Waals surface area contributed by atoms with E-state index in [0.29, 0.717) is 0 Å². The quantitative estimate of drug-likeness (QED) is 0.540. The molecule has 0 unspecified atom stereocenters. The third kappa shape index (κ3) is 6.82. The first-order valence-electron chi connectivity index (χ1n) is 7.12. The van der Waals surface area contributed by atoms with Gasteiger partial charge in [-0.25, -0.2) is 0 Å². The average Bonchev–Trinajstić information content (AvgIpc) is 2.35. The van der Waals surface area contributed by atoms with Gasteiger partial charge in [0, 0.05) is 16.8 Å². The molecule has 1 aliphatic rings. The summed E-state index contributed by atoms with van der Waals surface area (Å²) in [5.41, 5.74) is 1.35. The normalized spacial score (nSPS) is 15.2. The second kappa shape index (κ2) is 9.64. The molecule has 0 spiro atoms. The molecule has 0 atom stereocenters. The molecule has 17 heavy (non-hydrogen) atoms. The average molecular weight is 253 g/mol. The van der Waals surface area contributed by atoms with Crippen LogP contribution in [0.5, 0.6) is 0 Å². The van der Waals surface area contributed by atoms with Gasteiger partial charge in [0.15, 0.2) is 0 Å². The molecule has 0 aromatic rings.